The highest BCUT2D eigenvalue weighted by Gasteiger charge is 2.14. The highest BCUT2D eigenvalue weighted by molar-refractivity contribution is 5.79. The van der Waals surface area contributed by atoms with E-state index in [1.54, 1.807) is 0 Å². The molecule has 1 aromatic heterocycles. The molecule has 0 radical (unpaired) electrons. The minimum absolute atomic E-state index is 0.378. The summed E-state index contributed by atoms with van der Waals surface area (Å²) in [6.07, 6.45) is 4.08. The van der Waals surface area contributed by atoms with Crippen molar-refractivity contribution in [3.05, 3.63) is 17.5 Å². The molecule has 1 saturated heterocycles. The Bertz CT molecular complexity index is 520. The molecule has 1 fully saturated rings. The molecule has 2 rings (SSSR count). The second kappa shape index (κ2) is 10.4. The summed E-state index contributed by atoms with van der Waals surface area (Å²) in [4.78, 5) is 7.21. The van der Waals surface area contributed by atoms with Crippen LogP contribution in [0.15, 0.2) is 15.6 Å². The normalized spacial score (nSPS) is 17.7. The molecule has 1 aromatic rings. The van der Waals surface area contributed by atoms with E-state index < -0.39 is 0 Å². The molecule has 0 saturated carbocycles. The Balaban J connectivity index is 1.79. The first kappa shape index (κ1) is 19.8. The number of guanidine groups is 1. The molecule has 0 aliphatic carbocycles. The van der Waals surface area contributed by atoms with E-state index in [1.807, 2.05) is 6.07 Å². The van der Waals surface area contributed by atoms with Gasteiger partial charge in [0.2, 0.25) is 0 Å². The topological polar surface area (TPSA) is 65.7 Å². The Morgan fingerprint density at radius 3 is 2.64 bits per heavy atom. The third kappa shape index (κ3) is 7.06. The van der Waals surface area contributed by atoms with Crippen molar-refractivity contribution < 1.29 is 4.52 Å². The first-order valence-electron chi connectivity index (χ1n) is 9.78. The zero-order chi connectivity index (χ0) is 18.1. The van der Waals surface area contributed by atoms with E-state index in [1.165, 1.54) is 32.4 Å². The van der Waals surface area contributed by atoms with Gasteiger partial charge in [0.25, 0.3) is 0 Å². The number of aliphatic imine (C=N–C) groups is 1. The number of aromatic nitrogens is 1. The van der Waals surface area contributed by atoms with Gasteiger partial charge in [-0.3, -0.25) is 0 Å². The van der Waals surface area contributed by atoms with Gasteiger partial charge in [-0.05, 0) is 44.7 Å². The van der Waals surface area contributed by atoms with Crippen molar-refractivity contribution in [2.75, 3.05) is 32.7 Å². The van der Waals surface area contributed by atoms with Crippen LogP contribution in [0.5, 0.6) is 0 Å². The third-order valence-corrected chi connectivity index (χ3v) is 4.54. The van der Waals surface area contributed by atoms with Crippen LogP contribution in [0.4, 0.5) is 0 Å². The maximum atomic E-state index is 5.36. The lowest BCUT2D eigenvalue weighted by molar-refractivity contribution is 0.201. The smallest absolute Gasteiger partial charge is 0.191 e. The zero-order valence-electron chi connectivity index (χ0n) is 16.3. The number of nitrogens with zero attached hydrogens (tertiary/aromatic N) is 3. The summed E-state index contributed by atoms with van der Waals surface area (Å²) >= 11 is 0. The minimum Gasteiger partial charge on any atom is -0.359 e. The van der Waals surface area contributed by atoms with Crippen LogP contribution in [0.3, 0.4) is 0 Å². The van der Waals surface area contributed by atoms with E-state index in [0.29, 0.717) is 18.4 Å². The van der Waals surface area contributed by atoms with Crippen molar-refractivity contribution in [2.45, 2.75) is 59.4 Å². The molecule has 1 unspecified atom stereocenters. The third-order valence-electron chi connectivity index (χ3n) is 4.54. The quantitative estimate of drug-likeness (QED) is 0.558. The largest absolute Gasteiger partial charge is 0.359 e. The monoisotopic (exact) mass is 349 g/mol. The lowest BCUT2D eigenvalue weighted by atomic mass is 10.1. The average molecular weight is 350 g/mol. The summed E-state index contributed by atoms with van der Waals surface area (Å²) < 4.78 is 5.36. The summed E-state index contributed by atoms with van der Waals surface area (Å²) in [5, 5.41) is 10.9. The molecule has 0 spiro atoms. The van der Waals surface area contributed by atoms with Crippen molar-refractivity contribution in [1.29, 1.82) is 0 Å². The summed E-state index contributed by atoms with van der Waals surface area (Å²) in [5.74, 6) is 2.63. The van der Waals surface area contributed by atoms with Gasteiger partial charge in [0, 0.05) is 25.7 Å². The van der Waals surface area contributed by atoms with Crippen LogP contribution in [0.25, 0.3) is 0 Å². The first-order valence-corrected chi connectivity index (χ1v) is 9.78. The molecule has 142 valence electrons. The van der Waals surface area contributed by atoms with Crippen molar-refractivity contribution in [1.82, 2.24) is 20.7 Å². The summed E-state index contributed by atoms with van der Waals surface area (Å²) in [7, 11) is 0. The number of nitrogens with one attached hydrogen (secondary N) is 2. The molecule has 6 heteroatoms. The van der Waals surface area contributed by atoms with Crippen molar-refractivity contribution >= 4 is 5.96 Å². The average Bonchev–Trinajstić information content (AvgIpc) is 3.07. The fraction of sp³-hybridized carbons (Fsp3) is 0.789. The molecule has 1 aliphatic rings. The first-order chi connectivity index (χ1) is 12.1. The Hall–Kier alpha value is -1.56. The predicted molar refractivity (Wildman–Crippen MR) is 103 cm³/mol. The van der Waals surface area contributed by atoms with Crippen LogP contribution in [-0.4, -0.2) is 48.7 Å². The number of hydrogen-bond donors (Lipinski definition) is 2. The second-order valence-electron chi connectivity index (χ2n) is 7.42. The van der Waals surface area contributed by atoms with E-state index >= 15 is 0 Å². The van der Waals surface area contributed by atoms with E-state index in [4.69, 9.17) is 4.52 Å². The van der Waals surface area contributed by atoms with E-state index in [2.05, 4.69) is 53.4 Å². The van der Waals surface area contributed by atoms with Crippen LogP contribution in [0.2, 0.25) is 0 Å². The van der Waals surface area contributed by atoms with Crippen LogP contribution < -0.4 is 10.6 Å². The van der Waals surface area contributed by atoms with Gasteiger partial charge in [0.15, 0.2) is 11.7 Å². The molecular weight excluding hydrogens is 314 g/mol. The van der Waals surface area contributed by atoms with Gasteiger partial charge in [-0.25, -0.2) is 4.99 Å². The van der Waals surface area contributed by atoms with Gasteiger partial charge in [-0.2, -0.15) is 0 Å². The van der Waals surface area contributed by atoms with Crippen molar-refractivity contribution in [2.24, 2.45) is 10.9 Å². The van der Waals surface area contributed by atoms with Gasteiger partial charge in [0.05, 0.1) is 5.69 Å². The van der Waals surface area contributed by atoms with Gasteiger partial charge in [-0.15, -0.1) is 0 Å². The van der Waals surface area contributed by atoms with Gasteiger partial charge >= 0.3 is 0 Å². The summed E-state index contributed by atoms with van der Waals surface area (Å²) in [6, 6.07) is 2.00. The lowest BCUT2D eigenvalue weighted by Crippen LogP contribution is -2.42. The standard InChI is InChI=1S/C19H35N5O/c1-5-20-19(22-13-17-11-18(15(2)3)23-25-17)21-12-16(4)14-24-9-7-6-8-10-24/h11,15-16H,5-10,12-14H2,1-4H3,(H2,20,21,22). The Labute approximate surface area is 152 Å². The fourth-order valence-corrected chi connectivity index (χ4v) is 3.09. The molecule has 25 heavy (non-hydrogen) atoms. The molecule has 0 bridgehead atoms. The molecule has 6 nitrogen and oxygen atoms in total. The Kier molecular flexibility index (Phi) is 8.25. The molecule has 0 amide bonds. The fourth-order valence-electron chi connectivity index (χ4n) is 3.09. The molecule has 2 heterocycles. The number of rotatable bonds is 8. The van der Waals surface area contributed by atoms with Crippen molar-refractivity contribution in [3.8, 4) is 0 Å². The van der Waals surface area contributed by atoms with E-state index in [-0.39, 0.29) is 0 Å². The molecule has 0 aromatic carbocycles. The van der Waals surface area contributed by atoms with Gasteiger partial charge in [-0.1, -0.05) is 32.3 Å². The molecule has 1 atom stereocenters. The Morgan fingerprint density at radius 1 is 1.24 bits per heavy atom. The number of piperidine rings is 1. The number of hydrogen-bond acceptors (Lipinski definition) is 4. The highest BCUT2D eigenvalue weighted by atomic mass is 16.5. The predicted octanol–water partition coefficient (Wildman–Crippen LogP) is 2.98. The van der Waals surface area contributed by atoms with Gasteiger partial charge in [0.1, 0.15) is 6.54 Å². The van der Waals surface area contributed by atoms with E-state index in [0.717, 1.165) is 37.0 Å². The zero-order valence-corrected chi connectivity index (χ0v) is 16.3. The van der Waals surface area contributed by atoms with Crippen LogP contribution in [0.1, 0.15) is 64.3 Å². The Morgan fingerprint density at radius 2 is 2.00 bits per heavy atom. The number of likely N-dealkylation sites (tertiary alicyclic amines) is 1. The highest BCUT2D eigenvalue weighted by Crippen LogP contribution is 2.14. The second-order valence-corrected chi connectivity index (χ2v) is 7.42. The molecule has 2 N–H and O–H groups in total. The lowest BCUT2D eigenvalue weighted by Gasteiger charge is -2.29. The van der Waals surface area contributed by atoms with Crippen LogP contribution >= 0.6 is 0 Å². The molecule has 1 aliphatic heterocycles. The van der Waals surface area contributed by atoms with E-state index in [9.17, 15) is 0 Å². The summed E-state index contributed by atoms with van der Waals surface area (Å²) in [6.45, 7) is 14.6. The van der Waals surface area contributed by atoms with Crippen molar-refractivity contribution in [3.63, 3.8) is 0 Å². The van der Waals surface area contributed by atoms with Crippen LogP contribution in [0, 0.1) is 5.92 Å². The SMILES string of the molecule is CCNC(=NCc1cc(C(C)C)no1)NCC(C)CN1CCCCC1. The van der Waals surface area contributed by atoms with Gasteiger partial charge < -0.3 is 20.1 Å². The minimum atomic E-state index is 0.378. The maximum absolute atomic E-state index is 5.36. The molecular formula is C19H35N5O. The summed E-state index contributed by atoms with van der Waals surface area (Å²) in [5.41, 5.74) is 0.985. The van der Waals surface area contributed by atoms with Crippen LogP contribution in [-0.2, 0) is 6.54 Å². The maximum Gasteiger partial charge on any atom is 0.191 e.